The smallest absolute Gasteiger partial charge is 0.282 e. The average molecular weight is 367 g/mol. The lowest BCUT2D eigenvalue weighted by Gasteiger charge is -2.28. The average Bonchev–Trinajstić information content (AvgIpc) is 2.55. The van der Waals surface area contributed by atoms with Crippen LogP contribution in [0.25, 0.3) is 0 Å². The van der Waals surface area contributed by atoms with Crippen molar-refractivity contribution in [3.63, 3.8) is 0 Å². The van der Waals surface area contributed by atoms with E-state index >= 15 is 0 Å². The van der Waals surface area contributed by atoms with Gasteiger partial charge in [0.15, 0.2) is 0 Å². The summed E-state index contributed by atoms with van der Waals surface area (Å²) in [6, 6.07) is 5.45. The maximum atomic E-state index is 11.6. The van der Waals surface area contributed by atoms with Gasteiger partial charge in [0.2, 0.25) is 0 Å². The fourth-order valence-corrected chi connectivity index (χ4v) is 5.33. The van der Waals surface area contributed by atoms with Crippen LogP contribution in [0, 0.1) is 18.8 Å². The molecule has 0 atom stereocenters. The second-order valence-corrected chi connectivity index (χ2v) is 9.17. The van der Waals surface area contributed by atoms with Crippen molar-refractivity contribution in [2.45, 2.75) is 89.4 Å². The zero-order valence-corrected chi connectivity index (χ0v) is 16.7. The topological polar surface area (TPSA) is 54.4 Å². The Morgan fingerprint density at radius 3 is 2.16 bits per heavy atom. The first-order valence-corrected chi connectivity index (χ1v) is 11.4. The van der Waals surface area contributed by atoms with Gasteiger partial charge in [-0.3, -0.25) is 4.55 Å². The largest absolute Gasteiger partial charge is 0.295 e. The summed E-state index contributed by atoms with van der Waals surface area (Å²) in [5, 5.41) is 0. The highest BCUT2D eigenvalue weighted by Gasteiger charge is 2.21. The van der Waals surface area contributed by atoms with E-state index in [1.54, 1.807) is 13.0 Å². The maximum absolute atomic E-state index is 11.6. The van der Waals surface area contributed by atoms with Gasteiger partial charge < -0.3 is 0 Å². The lowest BCUT2D eigenvalue weighted by molar-refractivity contribution is 0.246. The maximum Gasteiger partial charge on any atom is 0.295 e. The van der Waals surface area contributed by atoms with Crippen molar-refractivity contribution in [3.05, 3.63) is 29.3 Å². The predicted molar refractivity (Wildman–Crippen MR) is 104 cm³/mol. The van der Waals surface area contributed by atoms with Gasteiger partial charge in [0, 0.05) is 0 Å². The first kappa shape index (κ1) is 20.4. The molecular weight excluding hydrogens is 332 g/mol. The zero-order valence-electron chi connectivity index (χ0n) is 15.8. The predicted octanol–water partition coefficient (Wildman–Crippen LogP) is 5.95. The Bertz CT molecular complexity index is 629. The first-order valence-electron chi connectivity index (χ1n) is 9.97. The van der Waals surface area contributed by atoms with Crippen molar-refractivity contribution in [3.8, 4) is 0 Å². The van der Waals surface area contributed by atoms with Crippen LogP contribution >= 0.6 is 0 Å². The van der Waals surface area contributed by atoms with Crippen LogP contribution in [0.3, 0.4) is 0 Å². The molecule has 0 unspecified atom stereocenters. The van der Waals surface area contributed by atoms with Gasteiger partial charge in [0.25, 0.3) is 10.1 Å². The Morgan fingerprint density at radius 1 is 1.00 bits per heavy atom. The van der Waals surface area contributed by atoms with Crippen molar-refractivity contribution in [2.24, 2.45) is 11.8 Å². The molecule has 25 heavy (non-hydrogen) atoms. The van der Waals surface area contributed by atoms with Gasteiger partial charge in [-0.05, 0) is 42.7 Å². The van der Waals surface area contributed by atoms with E-state index in [1.165, 1.54) is 57.8 Å². The normalized spacial score (nSPS) is 21.4. The molecule has 1 aromatic carbocycles. The molecule has 0 saturated heterocycles. The van der Waals surface area contributed by atoms with Gasteiger partial charge >= 0.3 is 0 Å². The fourth-order valence-electron chi connectivity index (χ4n) is 4.35. The molecule has 0 aromatic heterocycles. The molecule has 142 valence electrons. The molecule has 1 aromatic rings. The number of benzene rings is 1. The molecule has 4 heteroatoms. The van der Waals surface area contributed by atoms with Crippen molar-refractivity contribution in [1.82, 2.24) is 0 Å². The summed E-state index contributed by atoms with van der Waals surface area (Å²) in [4.78, 5) is 0.120. The molecule has 1 aliphatic rings. The van der Waals surface area contributed by atoms with Gasteiger partial charge in [0.05, 0.1) is 4.90 Å². The standard InChI is InChI=1S/C21H34O3S/c1-3-4-5-9-18-13-15-19(16-14-18)10-7-12-20-11-6-8-17(2)21(20)25(22,23)24/h6,8,11,18-19H,3-5,7,9-10,12-16H2,1-2H3,(H,22,23,24). The van der Waals surface area contributed by atoms with Gasteiger partial charge in [-0.25, -0.2) is 0 Å². The molecule has 0 heterocycles. The quantitative estimate of drug-likeness (QED) is 0.434. The highest BCUT2D eigenvalue weighted by molar-refractivity contribution is 7.86. The fraction of sp³-hybridized carbons (Fsp3) is 0.714. The minimum Gasteiger partial charge on any atom is -0.282 e. The lowest BCUT2D eigenvalue weighted by Crippen LogP contribution is -2.15. The molecule has 2 rings (SSSR count). The third-order valence-electron chi connectivity index (χ3n) is 5.79. The second kappa shape index (κ2) is 9.72. The third-order valence-corrected chi connectivity index (χ3v) is 6.89. The number of rotatable bonds is 9. The van der Waals surface area contributed by atoms with Crippen LogP contribution < -0.4 is 0 Å². The van der Waals surface area contributed by atoms with Crippen LogP contribution in [0.5, 0.6) is 0 Å². The van der Waals surface area contributed by atoms with E-state index in [0.29, 0.717) is 5.56 Å². The van der Waals surface area contributed by atoms with Crippen LogP contribution in [0.15, 0.2) is 23.1 Å². The van der Waals surface area contributed by atoms with Crippen molar-refractivity contribution in [1.29, 1.82) is 0 Å². The van der Waals surface area contributed by atoms with Crippen LogP contribution in [0.4, 0.5) is 0 Å². The molecule has 0 amide bonds. The lowest BCUT2D eigenvalue weighted by atomic mass is 9.78. The van der Waals surface area contributed by atoms with Crippen molar-refractivity contribution >= 4 is 10.1 Å². The van der Waals surface area contributed by atoms with E-state index in [9.17, 15) is 13.0 Å². The molecule has 1 aliphatic carbocycles. The van der Waals surface area contributed by atoms with E-state index in [4.69, 9.17) is 0 Å². The highest BCUT2D eigenvalue weighted by atomic mass is 32.2. The summed E-state index contributed by atoms with van der Waals surface area (Å²) in [6.07, 6.45) is 13.8. The van der Waals surface area contributed by atoms with E-state index in [2.05, 4.69) is 6.92 Å². The van der Waals surface area contributed by atoms with Gasteiger partial charge in [-0.1, -0.05) is 82.9 Å². The van der Waals surface area contributed by atoms with Crippen LogP contribution in [0.2, 0.25) is 0 Å². The van der Waals surface area contributed by atoms with Gasteiger partial charge in [-0.2, -0.15) is 8.42 Å². The molecule has 0 radical (unpaired) electrons. The third kappa shape index (κ3) is 6.41. The minimum absolute atomic E-state index is 0.120. The summed E-state index contributed by atoms with van der Waals surface area (Å²) >= 11 is 0. The minimum atomic E-state index is -4.14. The molecule has 0 spiro atoms. The zero-order chi connectivity index (χ0) is 18.3. The van der Waals surface area contributed by atoms with Crippen molar-refractivity contribution < 1.29 is 13.0 Å². The molecular formula is C21H34O3S. The second-order valence-electron chi connectivity index (χ2n) is 7.81. The molecule has 1 fully saturated rings. The number of hydrogen-bond acceptors (Lipinski definition) is 2. The van der Waals surface area contributed by atoms with E-state index in [-0.39, 0.29) is 4.90 Å². The monoisotopic (exact) mass is 366 g/mol. The SMILES string of the molecule is CCCCCC1CCC(CCCc2cccc(C)c2S(=O)(=O)O)CC1. The molecule has 1 saturated carbocycles. The Hall–Kier alpha value is -0.870. The van der Waals surface area contributed by atoms with Gasteiger partial charge in [0.1, 0.15) is 0 Å². The molecule has 1 N–H and O–H groups in total. The summed E-state index contributed by atoms with van der Waals surface area (Å²) < 4.78 is 32.8. The summed E-state index contributed by atoms with van der Waals surface area (Å²) in [6.45, 7) is 4.00. The van der Waals surface area contributed by atoms with E-state index in [0.717, 1.165) is 30.2 Å². The summed E-state index contributed by atoms with van der Waals surface area (Å²) in [7, 11) is -4.14. The first-order chi connectivity index (χ1) is 11.9. The molecule has 0 aliphatic heterocycles. The Balaban J connectivity index is 1.78. The van der Waals surface area contributed by atoms with Gasteiger partial charge in [-0.15, -0.1) is 0 Å². The molecule has 0 bridgehead atoms. The number of unbranched alkanes of at least 4 members (excludes halogenated alkanes) is 2. The van der Waals surface area contributed by atoms with Crippen LogP contribution in [0.1, 0.15) is 82.3 Å². The summed E-state index contributed by atoms with van der Waals surface area (Å²) in [5.41, 5.74) is 1.39. The Labute approximate surface area is 154 Å². The number of hydrogen-bond donors (Lipinski definition) is 1. The number of aryl methyl sites for hydroxylation is 2. The van der Waals surface area contributed by atoms with Crippen molar-refractivity contribution in [2.75, 3.05) is 0 Å². The van der Waals surface area contributed by atoms with Crippen LogP contribution in [-0.2, 0) is 16.5 Å². The Kier molecular flexibility index (Phi) is 7.95. The van der Waals surface area contributed by atoms with Crippen LogP contribution in [-0.4, -0.2) is 13.0 Å². The van der Waals surface area contributed by atoms with E-state index < -0.39 is 10.1 Å². The van der Waals surface area contributed by atoms with E-state index in [1.807, 2.05) is 12.1 Å². The highest BCUT2D eigenvalue weighted by Crippen LogP contribution is 2.34. The summed E-state index contributed by atoms with van der Waals surface area (Å²) in [5.74, 6) is 1.73. The molecule has 3 nitrogen and oxygen atoms in total. The Morgan fingerprint density at radius 2 is 1.60 bits per heavy atom.